The number of fused-ring (bicyclic) bond motifs is 1. The minimum Gasteiger partial charge on any atom is -0.488 e. The normalized spacial score (nSPS) is 13.6. The molecule has 0 radical (unpaired) electrons. The fourth-order valence-corrected chi connectivity index (χ4v) is 1.43. The quantitative estimate of drug-likeness (QED) is 0.714. The van der Waals surface area contributed by atoms with Crippen molar-refractivity contribution in [1.29, 1.82) is 0 Å². The van der Waals surface area contributed by atoms with Gasteiger partial charge < -0.3 is 10.5 Å². The van der Waals surface area contributed by atoms with E-state index in [1.807, 2.05) is 6.92 Å². The van der Waals surface area contributed by atoms with Crippen LogP contribution in [-0.4, -0.2) is 17.1 Å². The molecule has 5 heteroatoms. The lowest BCUT2D eigenvalue weighted by Gasteiger charge is -2.06. The SMILES string of the molecule is CCOc1ccc2n(c1=O)C(N)=NC2. The van der Waals surface area contributed by atoms with Crippen LogP contribution in [0.4, 0.5) is 0 Å². The summed E-state index contributed by atoms with van der Waals surface area (Å²) >= 11 is 0. The maximum absolute atomic E-state index is 11.7. The topological polar surface area (TPSA) is 69.6 Å². The van der Waals surface area contributed by atoms with Gasteiger partial charge in [0, 0.05) is 0 Å². The van der Waals surface area contributed by atoms with Gasteiger partial charge in [-0.3, -0.25) is 4.79 Å². The zero-order chi connectivity index (χ0) is 10.1. The van der Waals surface area contributed by atoms with Gasteiger partial charge in [0.05, 0.1) is 18.8 Å². The van der Waals surface area contributed by atoms with Crippen LogP contribution in [0.25, 0.3) is 0 Å². The average molecular weight is 193 g/mol. The molecule has 74 valence electrons. The molecule has 1 aliphatic rings. The number of ether oxygens (including phenoxy) is 1. The number of aromatic nitrogens is 1. The lowest BCUT2D eigenvalue weighted by Crippen LogP contribution is -2.32. The second-order valence-corrected chi connectivity index (χ2v) is 2.94. The lowest BCUT2D eigenvalue weighted by atomic mass is 10.3. The maximum atomic E-state index is 11.7. The van der Waals surface area contributed by atoms with Crippen molar-refractivity contribution in [3.8, 4) is 5.75 Å². The maximum Gasteiger partial charge on any atom is 0.300 e. The summed E-state index contributed by atoms with van der Waals surface area (Å²) in [7, 11) is 0. The van der Waals surface area contributed by atoms with E-state index in [1.54, 1.807) is 12.1 Å². The minimum atomic E-state index is -0.233. The molecule has 14 heavy (non-hydrogen) atoms. The van der Waals surface area contributed by atoms with Crippen molar-refractivity contribution in [3.63, 3.8) is 0 Å². The van der Waals surface area contributed by atoms with Gasteiger partial charge >= 0.3 is 0 Å². The molecule has 2 heterocycles. The van der Waals surface area contributed by atoms with Crippen LogP contribution in [0.15, 0.2) is 21.9 Å². The van der Waals surface area contributed by atoms with E-state index in [2.05, 4.69) is 4.99 Å². The van der Waals surface area contributed by atoms with Gasteiger partial charge in [-0.2, -0.15) is 0 Å². The van der Waals surface area contributed by atoms with Gasteiger partial charge in [-0.1, -0.05) is 0 Å². The van der Waals surface area contributed by atoms with Crippen molar-refractivity contribution in [2.45, 2.75) is 13.5 Å². The number of nitrogens with two attached hydrogens (primary N) is 1. The van der Waals surface area contributed by atoms with E-state index in [0.717, 1.165) is 5.69 Å². The monoisotopic (exact) mass is 193 g/mol. The van der Waals surface area contributed by atoms with Crippen molar-refractivity contribution < 1.29 is 4.74 Å². The highest BCUT2D eigenvalue weighted by Crippen LogP contribution is 2.10. The number of nitrogens with zero attached hydrogens (tertiary/aromatic N) is 2. The molecular formula is C9H11N3O2. The molecular weight excluding hydrogens is 182 g/mol. The molecule has 1 aromatic rings. The number of pyridine rings is 1. The first-order valence-corrected chi connectivity index (χ1v) is 4.42. The largest absolute Gasteiger partial charge is 0.488 e. The molecule has 0 fully saturated rings. The Morgan fingerprint density at radius 3 is 3.14 bits per heavy atom. The Balaban J connectivity index is 2.56. The van der Waals surface area contributed by atoms with E-state index in [1.165, 1.54) is 4.57 Å². The summed E-state index contributed by atoms with van der Waals surface area (Å²) in [6, 6.07) is 3.46. The van der Waals surface area contributed by atoms with Crippen LogP contribution >= 0.6 is 0 Å². The lowest BCUT2D eigenvalue weighted by molar-refractivity contribution is 0.334. The highest BCUT2D eigenvalue weighted by molar-refractivity contribution is 5.83. The van der Waals surface area contributed by atoms with E-state index in [0.29, 0.717) is 18.9 Å². The Bertz CT molecular complexity index is 448. The van der Waals surface area contributed by atoms with Gasteiger partial charge in [-0.05, 0) is 19.1 Å². The van der Waals surface area contributed by atoms with Crippen LogP contribution in [0.3, 0.4) is 0 Å². The van der Waals surface area contributed by atoms with Gasteiger partial charge in [0.1, 0.15) is 0 Å². The second kappa shape index (κ2) is 3.17. The van der Waals surface area contributed by atoms with Crippen LogP contribution in [-0.2, 0) is 6.54 Å². The summed E-state index contributed by atoms with van der Waals surface area (Å²) in [4.78, 5) is 15.7. The summed E-state index contributed by atoms with van der Waals surface area (Å²) < 4.78 is 6.55. The Morgan fingerprint density at radius 2 is 2.43 bits per heavy atom. The van der Waals surface area contributed by atoms with Crippen molar-refractivity contribution >= 4 is 5.96 Å². The fourth-order valence-electron chi connectivity index (χ4n) is 1.43. The molecule has 0 spiro atoms. The van der Waals surface area contributed by atoms with Gasteiger partial charge in [0.15, 0.2) is 5.75 Å². The molecule has 0 saturated heterocycles. The predicted octanol–water partition coefficient (Wildman–Crippen LogP) is -0.0766. The first-order valence-electron chi connectivity index (χ1n) is 4.42. The van der Waals surface area contributed by atoms with Crippen molar-refractivity contribution in [3.05, 3.63) is 28.2 Å². The van der Waals surface area contributed by atoms with Gasteiger partial charge in [0.2, 0.25) is 5.96 Å². The first kappa shape index (κ1) is 8.80. The molecule has 0 unspecified atom stereocenters. The molecule has 1 aromatic heterocycles. The first-order chi connectivity index (χ1) is 6.74. The number of hydrogen-bond donors (Lipinski definition) is 1. The molecule has 2 rings (SSSR count). The number of rotatable bonds is 2. The molecule has 0 aliphatic carbocycles. The summed E-state index contributed by atoms with van der Waals surface area (Å²) in [5.74, 6) is 0.558. The molecule has 0 atom stereocenters. The third kappa shape index (κ3) is 1.17. The van der Waals surface area contributed by atoms with Gasteiger partial charge in [-0.15, -0.1) is 0 Å². The smallest absolute Gasteiger partial charge is 0.300 e. The van der Waals surface area contributed by atoms with Crippen LogP contribution in [0.2, 0.25) is 0 Å². The summed E-state index contributed by atoms with van der Waals surface area (Å²) in [5, 5.41) is 0. The Kier molecular flexibility index (Phi) is 1.99. The molecule has 0 bridgehead atoms. The Morgan fingerprint density at radius 1 is 1.64 bits per heavy atom. The minimum absolute atomic E-state index is 0.233. The van der Waals surface area contributed by atoms with Crippen LogP contribution in [0.5, 0.6) is 5.75 Å². The van der Waals surface area contributed by atoms with E-state index >= 15 is 0 Å². The van der Waals surface area contributed by atoms with Crippen LogP contribution < -0.4 is 16.0 Å². The second-order valence-electron chi connectivity index (χ2n) is 2.94. The molecule has 0 amide bonds. The number of aliphatic imine (C=N–C) groups is 1. The zero-order valence-corrected chi connectivity index (χ0v) is 7.86. The van der Waals surface area contributed by atoms with Gasteiger partial charge in [0.25, 0.3) is 5.56 Å². The molecule has 0 aromatic carbocycles. The van der Waals surface area contributed by atoms with E-state index in [-0.39, 0.29) is 11.5 Å². The van der Waals surface area contributed by atoms with E-state index in [4.69, 9.17) is 10.5 Å². The van der Waals surface area contributed by atoms with Gasteiger partial charge in [-0.25, -0.2) is 9.56 Å². The summed E-state index contributed by atoms with van der Waals surface area (Å²) in [6.07, 6.45) is 0. The molecule has 0 saturated carbocycles. The van der Waals surface area contributed by atoms with Crippen LogP contribution in [0, 0.1) is 0 Å². The van der Waals surface area contributed by atoms with E-state index < -0.39 is 0 Å². The summed E-state index contributed by atoms with van der Waals surface area (Å²) in [5.41, 5.74) is 6.14. The molecule has 1 aliphatic heterocycles. The van der Waals surface area contributed by atoms with Crippen LogP contribution in [0.1, 0.15) is 12.6 Å². The average Bonchev–Trinajstić information content (AvgIpc) is 2.54. The Labute approximate surface area is 80.8 Å². The predicted molar refractivity (Wildman–Crippen MR) is 52.6 cm³/mol. The fraction of sp³-hybridized carbons (Fsp3) is 0.333. The number of hydrogen-bond acceptors (Lipinski definition) is 4. The van der Waals surface area contributed by atoms with Crippen molar-refractivity contribution in [2.24, 2.45) is 10.7 Å². The van der Waals surface area contributed by atoms with Crippen molar-refractivity contribution in [1.82, 2.24) is 4.57 Å². The highest BCUT2D eigenvalue weighted by Gasteiger charge is 2.16. The summed E-state index contributed by atoms with van der Waals surface area (Å²) in [6.45, 7) is 2.76. The molecule has 2 N–H and O–H groups in total. The Hall–Kier alpha value is -1.78. The highest BCUT2D eigenvalue weighted by atomic mass is 16.5. The van der Waals surface area contributed by atoms with E-state index in [9.17, 15) is 4.79 Å². The third-order valence-corrected chi connectivity index (χ3v) is 2.06. The third-order valence-electron chi connectivity index (χ3n) is 2.06. The standard InChI is InChI=1S/C9H11N3O2/c1-2-14-7-4-3-6-5-11-9(10)12(6)8(7)13/h3-4H,2,5H2,1H3,(H2,10,11). The van der Waals surface area contributed by atoms with Crippen molar-refractivity contribution in [2.75, 3.05) is 6.61 Å². The molecule has 5 nitrogen and oxygen atoms in total. The zero-order valence-electron chi connectivity index (χ0n) is 7.86.